The van der Waals surface area contributed by atoms with Crippen LogP contribution in [0, 0.1) is 0 Å². The van der Waals surface area contributed by atoms with Gasteiger partial charge < -0.3 is 10.1 Å². The minimum atomic E-state index is -0.235. The van der Waals surface area contributed by atoms with E-state index < -0.39 is 0 Å². The van der Waals surface area contributed by atoms with Crippen LogP contribution in [0.1, 0.15) is 23.9 Å². The molecule has 2 N–H and O–H groups in total. The van der Waals surface area contributed by atoms with Gasteiger partial charge in [-0.05, 0) is 31.5 Å². The molecule has 2 heterocycles. The van der Waals surface area contributed by atoms with Crippen LogP contribution in [-0.4, -0.2) is 29.3 Å². The van der Waals surface area contributed by atoms with E-state index in [1.807, 2.05) is 30.3 Å². The van der Waals surface area contributed by atoms with Crippen molar-refractivity contribution in [2.24, 2.45) is 0 Å². The highest BCUT2D eigenvalue weighted by Gasteiger charge is 2.20. The first-order valence-electron chi connectivity index (χ1n) is 6.86. The fraction of sp³-hybridized carbons (Fsp3) is 0.357. The Hall–Kier alpha value is -1.99. The number of para-hydroxylation sites is 1. The molecule has 1 aromatic carbocycles. The van der Waals surface area contributed by atoms with E-state index in [1.54, 1.807) is 0 Å². The van der Waals surface area contributed by atoms with Gasteiger partial charge in [0.25, 0.3) is 5.91 Å². The molecule has 1 atom stereocenters. The van der Waals surface area contributed by atoms with Crippen LogP contribution < -0.4 is 15.4 Å². The maximum atomic E-state index is 11.8. The number of hydrogen-bond acceptors (Lipinski definition) is 6. The highest BCUT2D eigenvalue weighted by Crippen LogP contribution is 2.27. The number of carbonyl (C=O) groups excluding carboxylic acids is 1. The first-order valence-corrected chi connectivity index (χ1v) is 7.67. The van der Waals surface area contributed by atoms with E-state index in [9.17, 15) is 4.79 Å². The molecule has 1 aromatic heterocycles. The normalized spacial score (nSPS) is 17.6. The van der Waals surface area contributed by atoms with Crippen molar-refractivity contribution in [3.8, 4) is 5.75 Å². The SMILES string of the molecule is O=C(COc1ccccc1)Nc1nnc(C2CCCN2)s1. The van der Waals surface area contributed by atoms with Crippen LogP contribution in [0.5, 0.6) is 5.75 Å². The number of carbonyl (C=O) groups is 1. The lowest BCUT2D eigenvalue weighted by molar-refractivity contribution is -0.118. The molecule has 1 amide bonds. The van der Waals surface area contributed by atoms with Gasteiger partial charge in [-0.1, -0.05) is 29.5 Å². The predicted molar refractivity (Wildman–Crippen MR) is 80.5 cm³/mol. The number of anilines is 1. The summed E-state index contributed by atoms with van der Waals surface area (Å²) in [6.45, 7) is 0.970. The lowest BCUT2D eigenvalue weighted by Gasteiger charge is -2.05. The zero-order valence-corrected chi connectivity index (χ0v) is 12.2. The molecule has 6 nitrogen and oxygen atoms in total. The maximum Gasteiger partial charge on any atom is 0.264 e. The maximum absolute atomic E-state index is 11.8. The Morgan fingerprint density at radius 1 is 1.38 bits per heavy atom. The highest BCUT2D eigenvalue weighted by atomic mass is 32.1. The van der Waals surface area contributed by atoms with Gasteiger partial charge in [-0.25, -0.2) is 0 Å². The summed E-state index contributed by atoms with van der Waals surface area (Å²) in [5.41, 5.74) is 0. The summed E-state index contributed by atoms with van der Waals surface area (Å²) in [6, 6.07) is 9.50. The smallest absolute Gasteiger partial charge is 0.264 e. The van der Waals surface area contributed by atoms with E-state index in [4.69, 9.17) is 4.74 Å². The summed E-state index contributed by atoms with van der Waals surface area (Å²) in [5, 5.41) is 15.6. The molecule has 0 radical (unpaired) electrons. The average Bonchev–Trinajstić information content (AvgIpc) is 3.17. The lowest BCUT2D eigenvalue weighted by Crippen LogP contribution is -2.20. The van der Waals surface area contributed by atoms with Gasteiger partial charge in [-0.2, -0.15) is 0 Å². The Kier molecular flexibility index (Phi) is 4.42. The molecular formula is C14H16N4O2S. The number of rotatable bonds is 5. The molecule has 1 unspecified atom stereocenters. The molecule has 1 aliphatic heterocycles. The Balaban J connectivity index is 1.50. The number of hydrogen-bond donors (Lipinski definition) is 2. The topological polar surface area (TPSA) is 76.1 Å². The van der Waals surface area contributed by atoms with Gasteiger partial charge in [0.1, 0.15) is 10.8 Å². The van der Waals surface area contributed by atoms with E-state index in [0.717, 1.165) is 24.4 Å². The van der Waals surface area contributed by atoms with Crippen LogP contribution in [0.3, 0.4) is 0 Å². The summed E-state index contributed by atoms with van der Waals surface area (Å²) >= 11 is 1.41. The van der Waals surface area contributed by atoms with Crippen molar-refractivity contribution in [1.82, 2.24) is 15.5 Å². The van der Waals surface area contributed by atoms with Gasteiger partial charge in [0.15, 0.2) is 6.61 Å². The second-order valence-corrected chi connectivity index (χ2v) is 5.75. The van der Waals surface area contributed by atoms with Gasteiger partial charge >= 0.3 is 0 Å². The molecular weight excluding hydrogens is 288 g/mol. The van der Waals surface area contributed by atoms with Gasteiger partial charge in [-0.3, -0.25) is 10.1 Å². The molecule has 1 saturated heterocycles. The monoisotopic (exact) mass is 304 g/mol. The first kappa shape index (κ1) is 14.0. The molecule has 1 aliphatic rings. The van der Waals surface area contributed by atoms with Crippen molar-refractivity contribution in [2.75, 3.05) is 18.5 Å². The number of benzene rings is 1. The largest absolute Gasteiger partial charge is 0.484 e. The zero-order valence-electron chi connectivity index (χ0n) is 11.4. The van der Waals surface area contributed by atoms with E-state index in [2.05, 4.69) is 20.8 Å². The third-order valence-corrected chi connectivity index (χ3v) is 4.11. The number of ether oxygens (including phenoxy) is 1. The van der Waals surface area contributed by atoms with Crippen LogP contribution in [0.4, 0.5) is 5.13 Å². The van der Waals surface area contributed by atoms with Crippen LogP contribution in [0.25, 0.3) is 0 Å². The first-order chi connectivity index (χ1) is 10.3. The minimum Gasteiger partial charge on any atom is -0.484 e. The van der Waals surface area contributed by atoms with Crippen molar-refractivity contribution in [3.05, 3.63) is 35.3 Å². The Bertz CT molecular complexity index is 596. The van der Waals surface area contributed by atoms with Gasteiger partial charge in [0, 0.05) is 0 Å². The fourth-order valence-corrected chi connectivity index (χ4v) is 3.01. The summed E-state index contributed by atoms with van der Waals surface area (Å²) in [6.07, 6.45) is 2.22. The number of aromatic nitrogens is 2. The molecule has 21 heavy (non-hydrogen) atoms. The Morgan fingerprint density at radius 3 is 3.00 bits per heavy atom. The van der Waals surface area contributed by atoms with Crippen molar-refractivity contribution in [3.63, 3.8) is 0 Å². The molecule has 0 saturated carbocycles. The number of nitrogens with zero attached hydrogens (tertiary/aromatic N) is 2. The van der Waals surface area contributed by atoms with Crippen LogP contribution >= 0.6 is 11.3 Å². The van der Waals surface area contributed by atoms with Crippen molar-refractivity contribution < 1.29 is 9.53 Å². The quantitative estimate of drug-likeness (QED) is 0.883. The van der Waals surface area contributed by atoms with E-state index in [1.165, 1.54) is 11.3 Å². The van der Waals surface area contributed by atoms with E-state index in [-0.39, 0.29) is 18.6 Å². The van der Waals surface area contributed by atoms with Crippen molar-refractivity contribution >= 4 is 22.4 Å². The molecule has 3 rings (SSSR count). The Morgan fingerprint density at radius 2 is 2.24 bits per heavy atom. The molecule has 0 spiro atoms. The predicted octanol–water partition coefficient (Wildman–Crippen LogP) is 1.98. The second kappa shape index (κ2) is 6.64. The molecule has 0 bridgehead atoms. The van der Waals surface area contributed by atoms with Crippen LogP contribution in [0.2, 0.25) is 0 Å². The standard InChI is InChI=1S/C14H16N4O2S/c19-12(9-20-10-5-2-1-3-6-10)16-14-18-17-13(21-14)11-7-4-8-15-11/h1-3,5-6,11,15H,4,7-9H2,(H,16,18,19). The summed E-state index contributed by atoms with van der Waals surface area (Å²) in [7, 11) is 0. The van der Waals surface area contributed by atoms with Crippen LogP contribution in [0.15, 0.2) is 30.3 Å². The highest BCUT2D eigenvalue weighted by molar-refractivity contribution is 7.15. The minimum absolute atomic E-state index is 0.0411. The zero-order chi connectivity index (χ0) is 14.5. The molecule has 1 fully saturated rings. The number of amides is 1. The summed E-state index contributed by atoms with van der Waals surface area (Å²) in [5.74, 6) is 0.432. The molecule has 0 aliphatic carbocycles. The Labute approximate surface area is 126 Å². The van der Waals surface area contributed by atoms with Gasteiger partial charge in [0.2, 0.25) is 5.13 Å². The molecule has 7 heteroatoms. The summed E-state index contributed by atoms with van der Waals surface area (Å²) in [4.78, 5) is 11.8. The number of nitrogens with one attached hydrogen (secondary N) is 2. The molecule has 2 aromatic rings. The lowest BCUT2D eigenvalue weighted by atomic mass is 10.2. The third-order valence-electron chi connectivity index (χ3n) is 3.16. The van der Waals surface area contributed by atoms with Crippen LogP contribution in [-0.2, 0) is 4.79 Å². The van der Waals surface area contributed by atoms with Crippen molar-refractivity contribution in [1.29, 1.82) is 0 Å². The fourth-order valence-electron chi connectivity index (χ4n) is 2.14. The van der Waals surface area contributed by atoms with E-state index in [0.29, 0.717) is 10.9 Å². The van der Waals surface area contributed by atoms with Gasteiger partial charge in [-0.15, -0.1) is 10.2 Å². The third kappa shape index (κ3) is 3.77. The van der Waals surface area contributed by atoms with E-state index >= 15 is 0 Å². The van der Waals surface area contributed by atoms with Gasteiger partial charge in [0.05, 0.1) is 6.04 Å². The van der Waals surface area contributed by atoms with Crippen molar-refractivity contribution in [2.45, 2.75) is 18.9 Å². The summed E-state index contributed by atoms with van der Waals surface area (Å²) < 4.78 is 5.38. The molecule has 110 valence electrons. The second-order valence-electron chi connectivity index (χ2n) is 4.74. The average molecular weight is 304 g/mol.